The summed E-state index contributed by atoms with van der Waals surface area (Å²) in [5.41, 5.74) is 2.43. The first-order valence-corrected chi connectivity index (χ1v) is 13.6. The lowest BCUT2D eigenvalue weighted by molar-refractivity contribution is 0.0931. The quantitative estimate of drug-likeness (QED) is 0.656. The third-order valence-corrected chi connectivity index (χ3v) is 9.06. The van der Waals surface area contributed by atoms with E-state index in [0.29, 0.717) is 5.92 Å². The molecular weight excluding hydrogens is 436 g/mol. The lowest BCUT2D eigenvalue weighted by Gasteiger charge is -2.19. The van der Waals surface area contributed by atoms with Crippen molar-refractivity contribution in [2.45, 2.75) is 43.2 Å². The van der Waals surface area contributed by atoms with E-state index in [1.165, 1.54) is 18.2 Å². The molecule has 1 amide bonds. The minimum atomic E-state index is -3.93. The summed E-state index contributed by atoms with van der Waals surface area (Å²) < 4.78 is 51.1. The fourth-order valence-electron chi connectivity index (χ4n) is 3.88. The van der Waals surface area contributed by atoms with Crippen molar-refractivity contribution in [1.82, 2.24) is 10.0 Å². The molecule has 0 aromatic heterocycles. The number of amides is 1. The first kappa shape index (κ1) is 22.0. The van der Waals surface area contributed by atoms with Crippen LogP contribution in [0.5, 0.6) is 0 Å². The Kier molecular flexibility index (Phi) is 5.93. The van der Waals surface area contributed by atoms with E-state index in [2.05, 4.69) is 10.0 Å². The van der Waals surface area contributed by atoms with Gasteiger partial charge >= 0.3 is 0 Å². The number of nitrogens with one attached hydrogen (secondary N) is 2. The van der Waals surface area contributed by atoms with Gasteiger partial charge in [0.05, 0.1) is 22.4 Å². The lowest BCUT2D eigenvalue weighted by atomic mass is 10.0. The molecule has 1 saturated carbocycles. The van der Waals surface area contributed by atoms with Crippen molar-refractivity contribution in [3.05, 3.63) is 65.2 Å². The van der Waals surface area contributed by atoms with Gasteiger partial charge in [0.25, 0.3) is 5.91 Å². The summed E-state index contributed by atoms with van der Waals surface area (Å²) in [6.45, 7) is 2.01. The molecule has 7 nitrogen and oxygen atoms in total. The molecule has 9 heteroatoms. The number of sulfonamides is 1. The molecule has 2 aromatic carbocycles. The van der Waals surface area contributed by atoms with Crippen LogP contribution in [0.2, 0.25) is 0 Å². The molecule has 0 radical (unpaired) electrons. The van der Waals surface area contributed by atoms with Gasteiger partial charge in [-0.25, -0.2) is 21.6 Å². The molecule has 1 aliphatic carbocycles. The summed E-state index contributed by atoms with van der Waals surface area (Å²) in [6.07, 6.45) is 2.34. The van der Waals surface area contributed by atoms with E-state index >= 15 is 0 Å². The van der Waals surface area contributed by atoms with Crippen molar-refractivity contribution in [1.29, 1.82) is 0 Å². The summed E-state index contributed by atoms with van der Waals surface area (Å²) in [5, 5.41) is 3.06. The van der Waals surface area contributed by atoms with Crippen LogP contribution in [0.15, 0.2) is 53.4 Å². The molecule has 2 unspecified atom stereocenters. The maximum absolute atomic E-state index is 12.9. The van der Waals surface area contributed by atoms with Crippen molar-refractivity contribution >= 4 is 25.8 Å². The number of hydrogen-bond acceptors (Lipinski definition) is 5. The van der Waals surface area contributed by atoms with Crippen LogP contribution in [0.25, 0.3) is 0 Å². The monoisotopic (exact) mass is 462 g/mol. The zero-order chi connectivity index (χ0) is 22.2. The van der Waals surface area contributed by atoms with Crippen LogP contribution in [-0.2, 0) is 19.9 Å². The number of rotatable bonds is 7. The van der Waals surface area contributed by atoms with E-state index < -0.39 is 25.9 Å². The van der Waals surface area contributed by atoms with E-state index in [4.69, 9.17) is 0 Å². The SMILES string of the molecule is Cc1ccc(C(NC(=O)c2cccc(S(=O)(=O)NC3CCS(=O)(=O)C3)c2)C2CC2)cc1. The van der Waals surface area contributed by atoms with Gasteiger partial charge in [0.15, 0.2) is 9.84 Å². The molecule has 2 N–H and O–H groups in total. The number of hydrogen-bond donors (Lipinski definition) is 2. The predicted molar refractivity (Wildman–Crippen MR) is 118 cm³/mol. The third kappa shape index (κ3) is 5.34. The van der Waals surface area contributed by atoms with Gasteiger partial charge in [-0.1, -0.05) is 35.9 Å². The fourth-order valence-corrected chi connectivity index (χ4v) is 6.98. The lowest BCUT2D eigenvalue weighted by Crippen LogP contribution is -2.35. The molecule has 2 aromatic rings. The van der Waals surface area contributed by atoms with E-state index in [1.807, 2.05) is 31.2 Å². The van der Waals surface area contributed by atoms with Gasteiger partial charge in [-0.05, 0) is 55.9 Å². The van der Waals surface area contributed by atoms with E-state index in [9.17, 15) is 21.6 Å². The molecule has 1 aliphatic heterocycles. The highest BCUT2D eigenvalue weighted by atomic mass is 32.2. The molecule has 1 saturated heterocycles. The summed E-state index contributed by atoms with van der Waals surface area (Å²) in [7, 11) is -7.14. The molecule has 31 heavy (non-hydrogen) atoms. The van der Waals surface area contributed by atoms with Gasteiger partial charge in [0.1, 0.15) is 0 Å². The van der Waals surface area contributed by atoms with Crippen molar-refractivity contribution in [3.63, 3.8) is 0 Å². The average molecular weight is 463 g/mol. The standard InChI is InChI=1S/C22H26N2O5S2/c1-15-5-7-16(8-6-15)21(17-9-10-17)23-22(25)18-3-2-4-20(13-18)31(28,29)24-19-11-12-30(26,27)14-19/h2-8,13,17,19,21,24H,9-12,14H2,1H3,(H,23,25). The van der Waals surface area contributed by atoms with Gasteiger partial charge in [-0.15, -0.1) is 0 Å². The van der Waals surface area contributed by atoms with Crippen LogP contribution in [0, 0.1) is 12.8 Å². The van der Waals surface area contributed by atoms with Gasteiger partial charge in [-0.2, -0.15) is 0 Å². The Hall–Kier alpha value is -2.23. The molecule has 2 fully saturated rings. The molecule has 166 valence electrons. The fraction of sp³-hybridized carbons (Fsp3) is 0.409. The topological polar surface area (TPSA) is 109 Å². The van der Waals surface area contributed by atoms with Crippen LogP contribution < -0.4 is 10.0 Å². The van der Waals surface area contributed by atoms with Gasteiger partial charge < -0.3 is 5.32 Å². The highest BCUT2D eigenvalue weighted by Gasteiger charge is 2.34. The van der Waals surface area contributed by atoms with Crippen LogP contribution in [0.3, 0.4) is 0 Å². The van der Waals surface area contributed by atoms with Crippen LogP contribution in [0.1, 0.15) is 46.8 Å². The number of sulfone groups is 1. The molecular formula is C22H26N2O5S2. The number of aryl methyl sites for hydroxylation is 1. The van der Waals surface area contributed by atoms with Crippen molar-refractivity contribution in [2.24, 2.45) is 5.92 Å². The zero-order valence-electron chi connectivity index (χ0n) is 17.2. The van der Waals surface area contributed by atoms with E-state index in [1.54, 1.807) is 6.07 Å². The zero-order valence-corrected chi connectivity index (χ0v) is 18.9. The number of carbonyl (C=O) groups is 1. The third-order valence-electron chi connectivity index (χ3n) is 5.78. The minimum Gasteiger partial charge on any atom is -0.345 e. The van der Waals surface area contributed by atoms with Gasteiger partial charge in [-0.3, -0.25) is 4.79 Å². The molecule has 1 heterocycles. The Morgan fingerprint density at radius 2 is 1.77 bits per heavy atom. The summed E-state index contributed by atoms with van der Waals surface area (Å²) >= 11 is 0. The van der Waals surface area contributed by atoms with E-state index in [0.717, 1.165) is 24.0 Å². The molecule has 2 aliphatic rings. The predicted octanol–water partition coefficient (Wildman–Crippen LogP) is 2.34. The maximum atomic E-state index is 12.9. The minimum absolute atomic E-state index is 0.0236. The van der Waals surface area contributed by atoms with Gasteiger partial charge in [0, 0.05) is 11.6 Å². The van der Waals surface area contributed by atoms with Crippen LogP contribution in [-0.4, -0.2) is 40.3 Å². The summed E-state index contributed by atoms with van der Waals surface area (Å²) in [4.78, 5) is 12.9. The smallest absolute Gasteiger partial charge is 0.251 e. The number of carbonyl (C=O) groups excluding carboxylic acids is 1. The summed E-state index contributed by atoms with van der Waals surface area (Å²) in [5.74, 6) is -0.182. The summed E-state index contributed by atoms with van der Waals surface area (Å²) in [6, 6.07) is 13.1. The van der Waals surface area contributed by atoms with Crippen LogP contribution >= 0.6 is 0 Å². The second-order valence-electron chi connectivity index (χ2n) is 8.45. The van der Waals surface area contributed by atoms with Crippen molar-refractivity contribution < 1.29 is 21.6 Å². The van der Waals surface area contributed by atoms with Crippen molar-refractivity contribution in [2.75, 3.05) is 11.5 Å². The highest BCUT2D eigenvalue weighted by molar-refractivity contribution is 7.92. The Bertz CT molecular complexity index is 1190. The van der Waals surface area contributed by atoms with Crippen molar-refractivity contribution in [3.8, 4) is 0 Å². The van der Waals surface area contributed by atoms with Gasteiger partial charge in [0.2, 0.25) is 10.0 Å². The highest BCUT2D eigenvalue weighted by Crippen LogP contribution is 2.41. The number of benzene rings is 2. The largest absolute Gasteiger partial charge is 0.345 e. The molecule has 0 spiro atoms. The second-order valence-corrected chi connectivity index (χ2v) is 12.4. The second kappa shape index (κ2) is 8.37. The van der Waals surface area contributed by atoms with E-state index in [-0.39, 0.29) is 40.3 Å². The average Bonchev–Trinajstić information content (AvgIpc) is 3.50. The Labute approximate surface area is 183 Å². The Balaban J connectivity index is 1.50. The normalized spacial score (nSPS) is 21.5. The molecule has 0 bridgehead atoms. The molecule has 2 atom stereocenters. The Morgan fingerprint density at radius 3 is 2.39 bits per heavy atom. The Morgan fingerprint density at radius 1 is 1.06 bits per heavy atom. The maximum Gasteiger partial charge on any atom is 0.251 e. The molecule has 4 rings (SSSR count). The first-order chi connectivity index (χ1) is 14.6. The van der Waals surface area contributed by atoms with Crippen LogP contribution in [0.4, 0.5) is 0 Å². The first-order valence-electron chi connectivity index (χ1n) is 10.3.